The highest BCUT2D eigenvalue weighted by Gasteiger charge is 2.33. The number of hydrogen-bond acceptors (Lipinski definition) is 7. The molecular weight excluding hydrogens is 563 g/mol. The van der Waals surface area contributed by atoms with Crippen LogP contribution in [0.15, 0.2) is 81.0 Å². The minimum absolute atomic E-state index is 0.209. The molecular formula is C28H22Cl2N2O4S2. The first-order valence-electron chi connectivity index (χ1n) is 11.8. The number of thiophene rings is 1. The molecule has 1 atom stereocenters. The van der Waals surface area contributed by atoms with Crippen molar-refractivity contribution in [3.05, 3.63) is 117 Å². The molecule has 0 bridgehead atoms. The number of thiazole rings is 1. The molecule has 0 spiro atoms. The van der Waals surface area contributed by atoms with Crippen molar-refractivity contribution >= 4 is 57.9 Å². The van der Waals surface area contributed by atoms with E-state index in [-0.39, 0.29) is 12.2 Å². The van der Waals surface area contributed by atoms with Crippen LogP contribution in [-0.2, 0) is 16.1 Å². The molecule has 0 unspecified atom stereocenters. The number of rotatable bonds is 7. The van der Waals surface area contributed by atoms with E-state index in [0.717, 1.165) is 16.0 Å². The number of allylic oxidation sites excluding steroid dienone is 1. The molecule has 3 heterocycles. The number of halogens is 2. The van der Waals surface area contributed by atoms with Gasteiger partial charge in [-0.1, -0.05) is 58.8 Å². The van der Waals surface area contributed by atoms with Crippen LogP contribution >= 0.6 is 45.9 Å². The Hall–Kier alpha value is -3.17. The summed E-state index contributed by atoms with van der Waals surface area (Å²) < 4.78 is 13.3. The maximum absolute atomic E-state index is 13.6. The molecule has 5 rings (SSSR count). The number of carbonyl (C=O) groups excluding carboxylic acids is 1. The van der Waals surface area contributed by atoms with E-state index in [1.54, 1.807) is 30.5 Å². The molecule has 0 radical (unpaired) electrons. The first-order valence-corrected chi connectivity index (χ1v) is 14.2. The lowest BCUT2D eigenvalue weighted by Crippen LogP contribution is -2.39. The van der Waals surface area contributed by atoms with Crippen LogP contribution in [0.3, 0.4) is 0 Å². The van der Waals surface area contributed by atoms with Crippen molar-refractivity contribution in [2.75, 3.05) is 6.61 Å². The Balaban J connectivity index is 1.45. The van der Waals surface area contributed by atoms with Crippen LogP contribution in [0.2, 0.25) is 10.0 Å². The van der Waals surface area contributed by atoms with E-state index in [1.807, 2.05) is 53.9 Å². The molecule has 38 heavy (non-hydrogen) atoms. The van der Waals surface area contributed by atoms with Gasteiger partial charge in [0.1, 0.15) is 18.4 Å². The van der Waals surface area contributed by atoms with E-state index < -0.39 is 12.0 Å². The van der Waals surface area contributed by atoms with Crippen molar-refractivity contribution in [2.45, 2.75) is 26.5 Å². The standard InChI is InChI=1S/C28H22Cl2N2O4S2/c1-3-35-27(34)24-16(2)31-28-32(25(24)22-5-4-12-37-22)26(33)23(38-28)13-17-6-10-20(11-7-17)36-15-18-8-9-19(29)14-21(18)30/h4-14,25H,3,15H2,1-2H3/b23-13+/t25-/m1/s1. The average Bonchev–Trinajstić information content (AvgIpc) is 3.52. The quantitative estimate of drug-likeness (QED) is 0.259. The highest BCUT2D eigenvalue weighted by atomic mass is 35.5. The third-order valence-corrected chi connectivity index (χ3v) is 8.41. The summed E-state index contributed by atoms with van der Waals surface area (Å²) >= 11 is 15.0. The number of benzene rings is 2. The summed E-state index contributed by atoms with van der Waals surface area (Å²) in [5.41, 5.74) is 2.40. The fourth-order valence-electron chi connectivity index (χ4n) is 4.12. The molecule has 6 nitrogen and oxygen atoms in total. The number of ether oxygens (including phenoxy) is 2. The molecule has 4 aromatic rings. The van der Waals surface area contributed by atoms with Crippen molar-refractivity contribution in [1.29, 1.82) is 0 Å². The third kappa shape index (κ3) is 5.35. The van der Waals surface area contributed by atoms with E-state index in [2.05, 4.69) is 4.99 Å². The molecule has 0 saturated carbocycles. The highest BCUT2D eigenvalue weighted by molar-refractivity contribution is 7.10. The lowest BCUT2D eigenvalue weighted by molar-refractivity contribution is -0.139. The second-order valence-corrected chi connectivity index (χ2v) is 11.2. The van der Waals surface area contributed by atoms with Gasteiger partial charge in [-0.05, 0) is 61.2 Å². The number of aromatic nitrogens is 1. The second kappa shape index (κ2) is 11.3. The minimum atomic E-state index is -0.581. The van der Waals surface area contributed by atoms with Gasteiger partial charge in [0.05, 0.1) is 22.4 Å². The molecule has 0 saturated heterocycles. The Morgan fingerprint density at radius 2 is 1.95 bits per heavy atom. The Kier molecular flexibility index (Phi) is 7.85. The molecule has 2 aromatic heterocycles. The fraction of sp³-hybridized carbons (Fsp3) is 0.179. The van der Waals surface area contributed by atoms with Crippen molar-refractivity contribution in [3.8, 4) is 5.75 Å². The lowest BCUT2D eigenvalue weighted by atomic mass is 10.0. The summed E-state index contributed by atoms with van der Waals surface area (Å²) in [6.07, 6.45) is 1.82. The fourth-order valence-corrected chi connectivity index (χ4v) is 6.45. The number of carbonyl (C=O) groups is 1. The van der Waals surface area contributed by atoms with Crippen LogP contribution in [0.5, 0.6) is 5.75 Å². The monoisotopic (exact) mass is 584 g/mol. The molecule has 0 N–H and O–H groups in total. The Morgan fingerprint density at radius 1 is 1.16 bits per heavy atom. The maximum atomic E-state index is 13.6. The predicted octanol–water partition coefficient (Wildman–Crippen LogP) is 5.75. The van der Waals surface area contributed by atoms with Gasteiger partial charge in [-0.25, -0.2) is 9.79 Å². The van der Waals surface area contributed by atoms with Crippen LogP contribution in [0, 0.1) is 0 Å². The van der Waals surface area contributed by atoms with Crippen LogP contribution in [0.25, 0.3) is 6.08 Å². The SMILES string of the molecule is CCOC(=O)C1=C(C)N=c2s/c(=C/c3ccc(OCc4ccc(Cl)cc4Cl)cc3)c(=O)n2[C@@H]1c1cccs1. The second-order valence-electron chi connectivity index (χ2n) is 8.41. The summed E-state index contributed by atoms with van der Waals surface area (Å²) in [6.45, 7) is 4.08. The van der Waals surface area contributed by atoms with Crippen molar-refractivity contribution in [1.82, 2.24) is 4.57 Å². The zero-order valence-corrected chi connectivity index (χ0v) is 23.6. The van der Waals surface area contributed by atoms with E-state index in [1.165, 1.54) is 22.7 Å². The zero-order valence-electron chi connectivity index (χ0n) is 20.4. The van der Waals surface area contributed by atoms with Crippen molar-refractivity contribution < 1.29 is 14.3 Å². The minimum Gasteiger partial charge on any atom is -0.489 e. The summed E-state index contributed by atoms with van der Waals surface area (Å²) in [7, 11) is 0. The number of nitrogens with zero attached hydrogens (tertiary/aromatic N) is 2. The molecule has 0 aliphatic carbocycles. The van der Waals surface area contributed by atoms with Gasteiger partial charge < -0.3 is 9.47 Å². The van der Waals surface area contributed by atoms with Crippen LogP contribution < -0.4 is 19.6 Å². The molecule has 194 valence electrons. The van der Waals surface area contributed by atoms with E-state index in [0.29, 0.717) is 43.0 Å². The molecule has 10 heteroatoms. The van der Waals surface area contributed by atoms with Crippen molar-refractivity contribution in [3.63, 3.8) is 0 Å². The smallest absolute Gasteiger partial charge is 0.338 e. The lowest BCUT2D eigenvalue weighted by Gasteiger charge is -2.23. The first-order chi connectivity index (χ1) is 18.4. The summed E-state index contributed by atoms with van der Waals surface area (Å²) in [6, 6.07) is 16.0. The third-order valence-electron chi connectivity index (χ3n) is 5.92. The van der Waals surface area contributed by atoms with Gasteiger partial charge in [0.25, 0.3) is 5.56 Å². The Bertz CT molecular complexity index is 1700. The average molecular weight is 586 g/mol. The predicted molar refractivity (Wildman–Crippen MR) is 152 cm³/mol. The largest absolute Gasteiger partial charge is 0.489 e. The van der Waals surface area contributed by atoms with Gasteiger partial charge in [-0.3, -0.25) is 9.36 Å². The Labute approximate surface area is 236 Å². The van der Waals surface area contributed by atoms with Gasteiger partial charge in [-0.2, -0.15) is 0 Å². The number of fused-ring (bicyclic) bond motifs is 1. The van der Waals surface area contributed by atoms with E-state index >= 15 is 0 Å². The summed E-state index contributed by atoms with van der Waals surface area (Å²) in [5.74, 6) is 0.207. The molecule has 0 amide bonds. The molecule has 2 aromatic carbocycles. The highest BCUT2D eigenvalue weighted by Crippen LogP contribution is 2.33. The zero-order chi connectivity index (χ0) is 26.8. The Morgan fingerprint density at radius 3 is 2.63 bits per heavy atom. The van der Waals surface area contributed by atoms with E-state index in [9.17, 15) is 9.59 Å². The molecule has 1 aliphatic rings. The van der Waals surface area contributed by atoms with Gasteiger partial charge >= 0.3 is 5.97 Å². The van der Waals surface area contributed by atoms with Gasteiger partial charge in [0.2, 0.25) is 0 Å². The molecule has 1 aliphatic heterocycles. The molecule has 0 fully saturated rings. The number of esters is 1. The topological polar surface area (TPSA) is 69.9 Å². The summed E-state index contributed by atoms with van der Waals surface area (Å²) in [4.78, 5) is 32.5. The normalized spacial score (nSPS) is 15.3. The van der Waals surface area contributed by atoms with Gasteiger partial charge in [-0.15, -0.1) is 11.3 Å². The van der Waals surface area contributed by atoms with E-state index in [4.69, 9.17) is 32.7 Å². The van der Waals surface area contributed by atoms with Crippen LogP contribution in [0.1, 0.15) is 35.9 Å². The maximum Gasteiger partial charge on any atom is 0.338 e. The first kappa shape index (κ1) is 26.4. The van der Waals surface area contributed by atoms with Crippen molar-refractivity contribution in [2.24, 2.45) is 4.99 Å². The van der Waals surface area contributed by atoms with Crippen LogP contribution in [0.4, 0.5) is 0 Å². The van der Waals surface area contributed by atoms with Gasteiger partial charge in [0, 0.05) is 20.5 Å². The summed E-state index contributed by atoms with van der Waals surface area (Å²) in [5, 5.41) is 3.04. The van der Waals surface area contributed by atoms with Gasteiger partial charge in [0.15, 0.2) is 4.80 Å². The van der Waals surface area contributed by atoms with Crippen LogP contribution in [-0.4, -0.2) is 17.1 Å². The number of hydrogen-bond donors (Lipinski definition) is 0.